The van der Waals surface area contributed by atoms with Gasteiger partial charge in [0.25, 0.3) is 0 Å². The van der Waals surface area contributed by atoms with E-state index in [1.54, 1.807) is 0 Å². The first kappa shape index (κ1) is 13.3. The molecule has 1 N–H and O–H groups in total. The monoisotopic (exact) mass is 262 g/mol. The van der Waals surface area contributed by atoms with Crippen LogP contribution in [0.5, 0.6) is 0 Å². The predicted molar refractivity (Wildman–Crippen MR) is 78.2 cm³/mol. The molecule has 1 unspecified atom stereocenters. The molecular weight excluding hydrogens is 244 g/mol. The Labute approximate surface area is 113 Å². The van der Waals surface area contributed by atoms with Gasteiger partial charge in [0.1, 0.15) is 0 Å². The van der Waals surface area contributed by atoms with Crippen molar-refractivity contribution in [3.63, 3.8) is 0 Å². The molecule has 2 aromatic rings. The van der Waals surface area contributed by atoms with E-state index in [0.717, 1.165) is 29.9 Å². The van der Waals surface area contributed by atoms with E-state index in [4.69, 9.17) is 11.6 Å². The molecule has 0 fully saturated rings. The molecule has 0 bridgehead atoms. The van der Waals surface area contributed by atoms with Gasteiger partial charge in [-0.05, 0) is 43.1 Å². The summed E-state index contributed by atoms with van der Waals surface area (Å²) in [5.41, 5.74) is 2.32. The lowest BCUT2D eigenvalue weighted by Crippen LogP contribution is -2.30. The first-order valence-electron chi connectivity index (χ1n) is 6.51. The molecule has 0 radical (unpaired) electrons. The largest absolute Gasteiger partial charge is 0.314 e. The highest BCUT2D eigenvalue weighted by Gasteiger charge is 2.09. The highest BCUT2D eigenvalue weighted by Crippen LogP contribution is 2.22. The number of halogens is 1. The Bertz CT molecular complexity index is 525. The zero-order valence-electron chi connectivity index (χ0n) is 10.9. The molecule has 0 saturated heterocycles. The maximum absolute atomic E-state index is 6.00. The van der Waals surface area contributed by atoms with Crippen LogP contribution < -0.4 is 5.32 Å². The quantitative estimate of drug-likeness (QED) is 0.886. The fraction of sp³-hybridized carbons (Fsp3) is 0.400. The lowest BCUT2D eigenvalue weighted by atomic mass is 10.0. The SMILES string of the molecule is CCNC(CC)Cc1ccnc2cc(Cl)ccc12. The smallest absolute Gasteiger partial charge is 0.0719 e. The van der Waals surface area contributed by atoms with Gasteiger partial charge in [0, 0.05) is 22.6 Å². The molecule has 2 nitrogen and oxygen atoms in total. The van der Waals surface area contributed by atoms with Crippen molar-refractivity contribution < 1.29 is 0 Å². The summed E-state index contributed by atoms with van der Waals surface area (Å²) in [6.07, 6.45) is 4.03. The molecule has 0 aliphatic heterocycles. The number of hydrogen-bond acceptors (Lipinski definition) is 2. The summed E-state index contributed by atoms with van der Waals surface area (Å²) in [5, 5.41) is 5.46. The van der Waals surface area contributed by atoms with Crippen LogP contribution >= 0.6 is 11.6 Å². The average Bonchev–Trinajstić information content (AvgIpc) is 2.38. The Morgan fingerprint density at radius 1 is 1.28 bits per heavy atom. The molecule has 0 aliphatic rings. The Balaban J connectivity index is 2.32. The first-order chi connectivity index (χ1) is 8.74. The van der Waals surface area contributed by atoms with Gasteiger partial charge in [-0.3, -0.25) is 4.98 Å². The third-order valence-electron chi connectivity index (χ3n) is 3.25. The number of nitrogens with one attached hydrogen (secondary N) is 1. The molecule has 0 saturated carbocycles. The molecule has 96 valence electrons. The number of rotatable bonds is 5. The summed E-state index contributed by atoms with van der Waals surface area (Å²) >= 11 is 6.00. The van der Waals surface area contributed by atoms with E-state index in [2.05, 4.69) is 36.3 Å². The summed E-state index contributed by atoms with van der Waals surface area (Å²) < 4.78 is 0. The van der Waals surface area contributed by atoms with E-state index in [1.165, 1.54) is 10.9 Å². The number of likely N-dealkylation sites (N-methyl/N-ethyl adjacent to an activating group) is 1. The highest BCUT2D eigenvalue weighted by atomic mass is 35.5. The fourth-order valence-corrected chi connectivity index (χ4v) is 2.44. The molecule has 3 heteroatoms. The van der Waals surface area contributed by atoms with Crippen LogP contribution in [-0.2, 0) is 6.42 Å². The van der Waals surface area contributed by atoms with Gasteiger partial charge in [-0.1, -0.05) is 31.5 Å². The summed E-state index contributed by atoms with van der Waals surface area (Å²) in [4.78, 5) is 4.38. The fourth-order valence-electron chi connectivity index (χ4n) is 2.27. The van der Waals surface area contributed by atoms with Gasteiger partial charge in [0.2, 0.25) is 0 Å². The summed E-state index contributed by atoms with van der Waals surface area (Å²) in [6, 6.07) is 8.56. The summed E-state index contributed by atoms with van der Waals surface area (Å²) in [6.45, 7) is 5.37. The van der Waals surface area contributed by atoms with E-state index in [1.807, 2.05) is 18.3 Å². The molecule has 1 heterocycles. The van der Waals surface area contributed by atoms with Crippen LogP contribution in [-0.4, -0.2) is 17.6 Å². The third kappa shape index (κ3) is 3.01. The van der Waals surface area contributed by atoms with Crippen LogP contribution in [0.4, 0.5) is 0 Å². The zero-order valence-corrected chi connectivity index (χ0v) is 11.7. The van der Waals surface area contributed by atoms with Crippen molar-refractivity contribution in [3.8, 4) is 0 Å². The van der Waals surface area contributed by atoms with Gasteiger partial charge in [-0.25, -0.2) is 0 Å². The van der Waals surface area contributed by atoms with Crippen molar-refractivity contribution in [1.82, 2.24) is 10.3 Å². The summed E-state index contributed by atoms with van der Waals surface area (Å²) in [5.74, 6) is 0. The molecule has 2 rings (SSSR count). The number of aromatic nitrogens is 1. The van der Waals surface area contributed by atoms with Crippen molar-refractivity contribution in [2.75, 3.05) is 6.54 Å². The number of hydrogen-bond donors (Lipinski definition) is 1. The molecule has 1 aromatic heterocycles. The Kier molecular flexibility index (Phi) is 4.56. The maximum Gasteiger partial charge on any atom is 0.0719 e. The molecule has 1 aromatic carbocycles. The van der Waals surface area contributed by atoms with Gasteiger partial charge in [-0.2, -0.15) is 0 Å². The van der Waals surface area contributed by atoms with E-state index in [0.29, 0.717) is 6.04 Å². The molecule has 0 aliphatic carbocycles. The van der Waals surface area contributed by atoms with Crippen molar-refractivity contribution in [1.29, 1.82) is 0 Å². The number of benzene rings is 1. The Morgan fingerprint density at radius 3 is 2.83 bits per heavy atom. The molecule has 1 atom stereocenters. The third-order valence-corrected chi connectivity index (χ3v) is 3.48. The van der Waals surface area contributed by atoms with Gasteiger partial charge in [-0.15, -0.1) is 0 Å². The van der Waals surface area contributed by atoms with Crippen molar-refractivity contribution >= 4 is 22.5 Å². The molecule has 0 amide bonds. The number of pyridine rings is 1. The second-order valence-corrected chi connectivity index (χ2v) is 4.93. The van der Waals surface area contributed by atoms with E-state index < -0.39 is 0 Å². The Morgan fingerprint density at radius 2 is 2.11 bits per heavy atom. The van der Waals surface area contributed by atoms with E-state index in [-0.39, 0.29) is 0 Å². The number of fused-ring (bicyclic) bond motifs is 1. The van der Waals surface area contributed by atoms with Crippen LogP contribution in [0, 0.1) is 0 Å². The minimum Gasteiger partial charge on any atom is -0.314 e. The van der Waals surface area contributed by atoms with Gasteiger partial charge < -0.3 is 5.32 Å². The van der Waals surface area contributed by atoms with Crippen LogP contribution in [0.1, 0.15) is 25.8 Å². The van der Waals surface area contributed by atoms with Crippen molar-refractivity contribution in [2.24, 2.45) is 0 Å². The molecular formula is C15H19ClN2. The second kappa shape index (κ2) is 6.17. The van der Waals surface area contributed by atoms with Gasteiger partial charge >= 0.3 is 0 Å². The summed E-state index contributed by atoms with van der Waals surface area (Å²) in [7, 11) is 0. The standard InChI is InChI=1S/C15H19ClN2/c1-3-13(17-4-2)9-11-7-8-18-15-10-12(16)5-6-14(11)15/h5-8,10,13,17H,3-4,9H2,1-2H3. The number of nitrogens with zero attached hydrogens (tertiary/aromatic N) is 1. The second-order valence-electron chi connectivity index (χ2n) is 4.50. The lowest BCUT2D eigenvalue weighted by molar-refractivity contribution is 0.511. The van der Waals surface area contributed by atoms with Crippen LogP contribution in [0.3, 0.4) is 0 Å². The maximum atomic E-state index is 6.00. The molecule has 18 heavy (non-hydrogen) atoms. The van der Waals surface area contributed by atoms with Gasteiger partial charge in [0.05, 0.1) is 5.52 Å². The molecule has 0 spiro atoms. The highest BCUT2D eigenvalue weighted by molar-refractivity contribution is 6.31. The average molecular weight is 263 g/mol. The first-order valence-corrected chi connectivity index (χ1v) is 6.89. The topological polar surface area (TPSA) is 24.9 Å². The van der Waals surface area contributed by atoms with Crippen molar-refractivity contribution in [2.45, 2.75) is 32.7 Å². The zero-order chi connectivity index (χ0) is 13.0. The normalized spacial score (nSPS) is 12.8. The van der Waals surface area contributed by atoms with E-state index >= 15 is 0 Å². The van der Waals surface area contributed by atoms with Crippen LogP contribution in [0.2, 0.25) is 5.02 Å². The van der Waals surface area contributed by atoms with Crippen molar-refractivity contribution in [3.05, 3.63) is 41.0 Å². The Hall–Kier alpha value is -1.12. The van der Waals surface area contributed by atoms with Crippen LogP contribution in [0.25, 0.3) is 10.9 Å². The predicted octanol–water partition coefficient (Wildman–Crippen LogP) is 3.82. The minimum atomic E-state index is 0.524. The lowest BCUT2D eigenvalue weighted by Gasteiger charge is -2.16. The minimum absolute atomic E-state index is 0.524. The van der Waals surface area contributed by atoms with Gasteiger partial charge in [0.15, 0.2) is 0 Å². The van der Waals surface area contributed by atoms with Crippen LogP contribution in [0.15, 0.2) is 30.5 Å². The van der Waals surface area contributed by atoms with E-state index in [9.17, 15) is 0 Å².